The summed E-state index contributed by atoms with van der Waals surface area (Å²) in [6.07, 6.45) is 4.34. The predicted octanol–water partition coefficient (Wildman–Crippen LogP) is 0.909. The first-order chi connectivity index (χ1) is 7.36. The van der Waals surface area contributed by atoms with Crippen molar-refractivity contribution in [2.24, 2.45) is 5.10 Å². The van der Waals surface area contributed by atoms with E-state index in [1.54, 1.807) is 18.4 Å². The molecule has 80 valence electrons. The van der Waals surface area contributed by atoms with Gasteiger partial charge in [0.1, 0.15) is 11.9 Å². The van der Waals surface area contributed by atoms with Crippen LogP contribution in [0.2, 0.25) is 0 Å². The van der Waals surface area contributed by atoms with Gasteiger partial charge in [-0.1, -0.05) is 0 Å². The van der Waals surface area contributed by atoms with Gasteiger partial charge in [0, 0.05) is 6.61 Å². The van der Waals surface area contributed by atoms with Crippen molar-refractivity contribution < 1.29 is 13.9 Å². The maximum Gasteiger partial charge on any atom is 0.269 e. The number of nitrogens with one attached hydrogen (secondary N) is 1. The zero-order chi connectivity index (χ0) is 10.5. The van der Waals surface area contributed by atoms with Crippen LogP contribution in [0.25, 0.3) is 0 Å². The lowest BCUT2D eigenvalue weighted by atomic mass is 10.2. The Hall–Kier alpha value is -1.62. The molecule has 0 aliphatic carbocycles. The second-order valence-electron chi connectivity index (χ2n) is 3.25. The molecule has 0 unspecified atom stereocenters. The van der Waals surface area contributed by atoms with Crippen LogP contribution < -0.4 is 5.43 Å². The van der Waals surface area contributed by atoms with Crippen molar-refractivity contribution >= 4 is 12.1 Å². The van der Waals surface area contributed by atoms with Crippen molar-refractivity contribution in [1.29, 1.82) is 0 Å². The smallest absolute Gasteiger partial charge is 0.269 e. The third-order valence-electron chi connectivity index (χ3n) is 2.13. The van der Waals surface area contributed by atoms with Gasteiger partial charge in [-0.05, 0) is 25.0 Å². The van der Waals surface area contributed by atoms with Gasteiger partial charge in [0.15, 0.2) is 0 Å². The number of hydrazone groups is 1. The van der Waals surface area contributed by atoms with E-state index in [1.807, 2.05) is 0 Å². The summed E-state index contributed by atoms with van der Waals surface area (Å²) in [6, 6.07) is 3.50. The fourth-order valence-electron chi connectivity index (χ4n) is 1.38. The summed E-state index contributed by atoms with van der Waals surface area (Å²) in [6.45, 7) is 0.653. The number of carbonyl (C=O) groups is 1. The molecule has 1 amide bonds. The molecule has 0 bridgehead atoms. The number of hydrogen-bond acceptors (Lipinski definition) is 4. The summed E-state index contributed by atoms with van der Waals surface area (Å²) >= 11 is 0. The fraction of sp³-hybridized carbons (Fsp3) is 0.400. The lowest BCUT2D eigenvalue weighted by Gasteiger charge is -2.05. The first kappa shape index (κ1) is 9.92. The fourth-order valence-corrected chi connectivity index (χ4v) is 1.38. The average molecular weight is 208 g/mol. The highest BCUT2D eigenvalue weighted by atomic mass is 16.5. The van der Waals surface area contributed by atoms with E-state index in [1.165, 1.54) is 6.21 Å². The van der Waals surface area contributed by atoms with Crippen LogP contribution in [0.1, 0.15) is 18.6 Å². The third kappa shape index (κ3) is 2.66. The highest BCUT2D eigenvalue weighted by Gasteiger charge is 2.22. The molecule has 1 aromatic rings. The molecule has 0 aromatic carbocycles. The Balaban J connectivity index is 1.80. The Morgan fingerprint density at radius 1 is 1.67 bits per heavy atom. The van der Waals surface area contributed by atoms with E-state index in [9.17, 15) is 4.79 Å². The van der Waals surface area contributed by atoms with Gasteiger partial charge in [-0.2, -0.15) is 5.10 Å². The molecule has 5 heteroatoms. The quantitative estimate of drug-likeness (QED) is 0.593. The Morgan fingerprint density at radius 3 is 3.27 bits per heavy atom. The molecule has 1 fully saturated rings. The molecule has 1 N–H and O–H groups in total. The predicted molar refractivity (Wildman–Crippen MR) is 53.4 cm³/mol. The second-order valence-corrected chi connectivity index (χ2v) is 3.25. The van der Waals surface area contributed by atoms with Crippen molar-refractivity contribution in [3.05, 3.63) is 24.2 Å². The van der Waals surface area contributed by atoms with Crippen LogP contribution in [0.15, 0.2) is 27.9 Å². The van der Waals surface area contributed by atoms with Crippen LogP contribution in [-0.4, -0.2) is 24.8 Å². The van der Waals surface area contributed by atoms with Gasteiger partial charge in [-0.15, -0.1) is 0 Å². The van der Waals surface area contributed by atoms with Gasteiger partial charge in [0.05, 0.1) is 12.5 Å². The Bertz CT molecular complexity index is 340. The molecule has 0 radical (unpaired) electrons. The van der Waals surface area contributed by atoms with E-state index in [0.717, 1.165) is 12.8 Å². The Morgan fingerprint density at radius 2 is 2.60 bits per heavy atom. The first-order valence-electron chi connectivity index (χ1n) is 4.84. The largest absolute Gasteiger partial charge is 0.463 e. The summed E-state index contributed by atoms with van der Waals surface area (Å²) in [4.78, 5) is 11.4. The zero-order valence-electron chi connectivity index (χ0n) is 8.18. The van der Waals surface area contributed by atoms with Crippen molar-refractivity contribution in [2.45, 2.75) is 18.9 Å². The van der Waals surface area contributed by atoms with Crippen LogP contribution in [0, 0.1) is 0 Å². The SMILES string of the molecule is O=C(N/N=C/c1ccco1)[C@@H]1CCCO1. The van der Waals surface area contributed by atoms with E-state index in [4.69, 9.17) is 9.15 Å². The minimum atomic E-state index is -0.348. The number of ether oxygens (including phenoxy) is 1. The van der Waals surface area contributed by atoms with Crippen LogP contribution >= 0.6 is 0 Å². The third-order valence-corrected chi connectivity index (χ3v) is 2.13. The monoisotopic (exact) mass is 208 g/mol. The molecule has 0 saturated carbocycles. The standard InChI is InChI=1S/C10H12N2O3/c13-10(9-4-2-6-15-9)12-11-7-8-3-1-5-14-8/h1,3,5,7,9H,2,4,6H2,(H,12,13)/b11-7+/t9-/m0/s1. The zero-order valence-corrected chi connectivity index (χ0v) is 8.18. The molecule has 15 heavy (non-hydrogen) atoms. The van der Waals surface area contributed by atoms with E-state index in [2.05, 4.69) is 10.5 Å². The molecular formula is C10H12N2O3. The van der Waals surface area contributed by atoms with Crippen molar-refractivity contribution in [3.8, 4) is 0 Å². The molecule has 1 atom stereocenters. The minimum Gasteiger partial charge on any atom is -0.463 e. The molecule has 1 aliphatic rings. The highest BCUT2D eigenvalue weighted by Crippen LogP contribution is 2.11. The van der Waals surface area contributed by atoms with Gasteiger partial charge in [-0.3, -0.25) is 4.79 Å². The van der Waals surface area contributed by atoms with Crippen molar-refractivity contribution in [2.75, 3.05) is 6.61 Å². The maximum atomic E-state index is 11.4. The summed E-state index contributed by atoms with van der Waals surface area (Å²) < 4.78 is 10.2. The molecular weight excluding hydrogens is 196 g/mol. The second kappa shape index (κ2) is 4.75. The summed E-state index contributed by atoms with van der Waals surface area (Å²) in [5.74, 6) is 0.401. The number of hydrogen-bond donors (Lipinski definition) is 1. The summed E-state index contributed by atoms with van der Waals surface area (Å²) in [5, 5.41) is 3.76. The maximum absolute atomic E-state index is 11.4. The van der Waals surface area contributed by atoms with Crippen LogP contribution in [0.4, 0.5) is 0 Å². The van der Waals surface area contributed by atoms with Gasteiger partial charge in [0.2, 0.25) is 0 Å². The number of nitrogens with zero attached hydrogens (tertiary/aromatic N) is 1. The lowest BCUT2D eigenvalue weighted by Crippen LogP contribution is -2.30. The topological polar surface area (TPSA) is 63.8 Å². The molecule has 2 rings (SSSR count). The van der Waals surface area contributed by atoms with E-state index in [0.29, 0.717) is 12.4 Å². The van der Waals surface area contributed by atoms with E-state index >= 15 is 0 Å². The number of rotatable bonds is 3. The van der Waals surface area contributed by atoms with Gasteiger partial charge in [0.25, 0.3) is 5.91 Å². The van der Waals surface area contributed by atoms with Crippen molar-refractivity contribution in [3.63, 3.8) is 0 Å². The number of furan rings is 1. The number of carbonyl (C=O) groups excluding carboxylic acids is 1. The van der Waals surface area contributed by atoms with Crippen LogP contribution in [0.5, 0.6) is 0 Å². The van der Waals surface area contributed by atoms with Gasteiger partial charge >= 0.3 is 0 Å². The van der Waals surface area contributed by atoms with Crippen LogP contribution in [-0.2, 0) is 9.53 Å². The van der Waals surface area contributed by atoms with Gasteiger partial charge in [-0.25, -0.2) is 5.43 Å². The van der Waals surface area contributed by atoms with Crippen molar-refractivity contribution in [1.82, 2.24) is 5.43 Å². The van der Waals surface area contributed by atoms with Gasteiger partial charge < -0.3 is 9.15 Å². The molecule has 5 nitrogen and oxygen atoms in total. The first-order valence-corrected chi connectivity index (χ1v) is 4.84. The van der Waals surface area contributed by atoms with E-state index in [-0.39, 0.29) is 12.0 Å². The Labute approximate surface area is 87.1 Å². The lowest BCUT2D eigenvalue weighted by molar-refractivity contribution is -0.130. The highest BCUT2D eigenvalue weighted by molar-refractivity contribution is 5.83. The average Bonchev–Trinajstić information content (AvgIpc) is 2.90. The Kier molecular flexibility index (Phi) is 3.14. The van der Waals surface area contributed by atoms with E-state index < -0.39 is 0 Å². The molecule has 0 spiro atoms. The summed E-state index contributed by atoms with van der Waals surface area (Å²) in [7, 11) is 0. The normalized spacial score (nSPS) is 20.9. The molecule has 1 saturated heterocycles. The molecule has 1 aromatic heterocycles. The number of amides is 1. The minimum absolute atomic E-state index is 0.199. The molecule has 1 aliphatic heterocycles. The summed E-state index contributed by atoms with van der Waals surface area (Å²) in [5.41, 5.74) is 2.41. The molecule has 2 heterocycles. The van der Waals surface area contributed by atoms with Crippen LogP contribution in [0.3, 0.4) is 0 Å².